The number of aryl methyl sites for hydroxylation is 1. The first-order chi connectivity index (χ1) is 8.72. The monoisotopic (exact) mass is 264 g/mol. The fourth-order valence-electron chi connectivity index (χ4n) is 2.41. The van der Waals surface area contributed by atoms with Crippen LogP contribution in [0.5, 0.6) is 0 Å². The van der Waals surface area contributed by atoms with Gasteiger partial charge in [0.25, 0.3) is 0 Å². The van der Waals surface area contributed by atoms with Crippen molar-refractivity contribution in [3.8, 4) is 0 Å². The number of hydrogen-bond donors (Lipinski definition) is 2. The van der Waals surface area contributed by atoms with Crippen LogP contribution in [0.1, 0.15) is 43.2 Å². The second-order valence-electron chi connectivity index (χ2n) is 4.81. The van der Waals surface area contributed by atoms with Crippen molar-refractivity contribution in [3.05, 3.63) is 29.3 Å². The number of benzene rings is 1. The van der Waals surface area contributed by atoms with E-state index >= 15 is 0 Å². The summed E-state index contributed by atoms with van der Waals surface area (Å²) in [5.41, 5.74) is 7.81. The van der Waals surface area contributed by atoms with Gasteiger partial charge in [-0.25, -0.2) is 0 Å². The molecule has 0 spiro atoms. The molecule has 0 aliphatic heterocycles. The highest BCUT2D eigenvalue weighted by molar-refractivity contribution is 8.00. The van der Waals surface area contributed by atoms with Crippen LogP contribution < -0.4 is 5.73 Å². The van der Waals surface area contributed by atoms with Gasteiger partial charge in [-0.15, -0.1) is 11.8 Å². The summed E-state index contributed by atoms with van der Waals surface area (Å²) in [5.74, 6) is 0.206. The number of nitrogens with zero attached hydrogens (tertiary/aromatic N) is 1. The topological polar surface area (TPSA) is 58.6 Å². The van der Waals surface area contributed by atoms with Gasteiger partial charge in [0.15, 0.2) is 5.84 Å². The Kier molecular flexibility index (Phi) is 4.53. The van der Waals surface area contributed by atoms with Crippen molar-refractivity contribution in [3.63, 3.8) is 0 Å². The van der Waals surface area contributed by atoms with E-state index in [0.29, 0.717) is 5.25 Å². The van der Waals surface area contributed by atoms with Gasteiger partial charge in [-0.1, -0.05) is 42.6 Å². The van der Waals surface area contributed by atoms with Crippen LogP contribution in [-0.4, -0.2) is 16.3 Å². The molecular weight excluding hydrogens is 244 g/mol. The van der Waals surface area contributed by atoms with Gasteiger partial charge in [0.05, 0.1) is 0 Å². The molecule has 4 heteroatoms. The van der Waals surface area contributed by atoms with Crippen molar-refractivity contribution < 1.29 is 5.21 Å². The molecule has 3 nitrogen and oxygen atoms in total. The fraction of sp³-hybridized carbons (Fsp3) is 0.500. The van der Waals surface area contributed by atoms with Gasteiger partial charge in [0.2, 0.25) is 0 Å². The summed E-state index contributed by atoms with van der Waals surface area (Å²) < 4.78 is 0. The molecule has 0 heterocycles. The number of oxime groups is 1. The molecule has 1 aliphatic rings. The fourth-order valence-corrected chi connectivity index (χ4v) is 3.87. The summed E-state index contributed by atoms with van der Waals surface area (Å²) >= 11 is 1.89. The van der Waals surface area contributed by atoms with E-state index in [-0.39, 0.29) is 5.84 Å². The second kappa shape index (κ2) is 6.14. The zero-order chi connectivity index (χ0) is 13.0. The van der Waals surface area contributed by atoms with E-state index in [0.717, 1.165) is 5.56 Å². The number of amidine groups is 1. The van der Waals surface area contributed by atoms with E-state index in [1.807, 2.05) is 23.9 Å². The SMILES string of the molecule is Cc1cccc(/C(N)=N/O)c1SC1CCCCC1. The third-order valence-corrected chi connectivity index (χ3v) is 5.01. The average molecular weight is 264 g/mol. The smallest absolute Gasteiger partial charge is 0.171 e. The lowest BCUT2D eigenvalue weighted by atomic mass is 10.0. The largest absolute Gasteiger partial charge is 0.409 e. The normalized spacial score (nSPS) is 17.9. The lowest BCUT2D eigenvalue weighted by molar-refractivity contribution is 0.318. The zero-order valence-corrected chi connectivity index (χ0v) is 11.5. The molecule has 0 bridgehead atoms. The van der Waals surface area contributed by atoms with Gasteiger partial charge in [-0.3, -0.25) is 0 Å². The maximum Gasteiger partial charge on any atom is 0.171 e. The molecule has 0 atom stereocenters. The van der Waals surface area contributed by atoms with Crippen LogP contribution in [0.3, 0.4) is 0 Å². The molecule has 1 aromatic rings. The van der Waals surface area contributed by atoms with E-state index in [4.69, 9.17) is 10.9 Å². The Morgan fingerprint density at radius 2 is 2.06 bits per heavy atom. The van der Waals surface area contributed by atoms with E-state index in [2.05, 4.69) is 18.1 Å². The van der Waals surface area contributed by atoms with Crippen LogP contribution in [0.15, 0.2) is 28.3 Å². The highest BCUT2D eigenvalue weighted by Gasteiger charge is 2.18. The van der Waals surface area contributed by atoms with Crippen LogP contribution in [0.2, 0.25) is 0 Å². The standard InChI is InChI=1S/C14H20N2OS/c1-10-6-5-9-12(14(15)16-17)13(10)18-11-7-3-2-4-8-11/h5-6,9,11,17H,2-4,7-8H2,1H3,(H2,15,16). The molecule has 0 aromatic heterocycles. The number of thioether (sulfide) groups is 1. The zero-order valence-electron chi connectivity index (χ0n) is 10.7. The van der Waals surface area contributed by atoms with Crippen LogP contribution in [0.4, 0.5) is 0 Å². The molecule has 1 saturated carbocycles. The average Bonchev–Trinajstić information content (AvgIpc) is 2.41. The summed E-state index contributed by atoms with van der Waals surface area (Å²) in [5, 5.41) is 12.7. The first-order valence-electron chi connectivity index (χ1n) is 6.46. The minimum Gasteiger partial charge on any atom is -0.409 e. The Balaban J connectivity index is 2.24. The first kappa shape index (κ1) is 13.3. The Labute approximate surface area is 112 Å². The van der Waals surface area contributed by atoms with Crippen LogP contribution in [0, 0.1) is 6.92 Å². The molecule has 0 saturated heterocycles. The van der Waals surface area contributed by atoms with Gasteiger partial charge in [-0.05, 0) is 25.3 Å². The molecule has 0 unspecified atom stereocenters. The van der Waals surface area contributed by atoms with Crippen molar-refractivity contribution in [1.29, 1.82) is 0 Å². The van der Waals surface area contributed by atoms with E-state index < -0.39 is 0 Å². The molecule has 1 aromatic carbocycles. The van der Waals surface area contributed by atoms with Gasteiger partial charge < -0.3 is 10.9 Å². The van der Waals surface area contributed by atoms with Crippen LogP contribution in [-0.2, 0) is 0 Å². The maximum atomic E-state index is 8.86. The molecule has 1 aliphatic carbocycles. The van der Waals surface area contributed by atoms with Gasteiger partial charge >= 0.3 is 0 Å². The second-order valence-corrected chi connectivity index (χ2v) is 6.13. The van der Waals surface area contributed by atoms with Gasteiger partial charge in [-0.2, -0.15) is 0 Å². The third-order valence-electron chi connectivity index (χ3n) is 3.43. The highest BCUT2D eigenvalue weighted by atomic mass is 32.2. The van der Waals surface area contributed by atoms with Gasteiger partial charge in [0.1, 0.15) is 0 Å². The number of nitrogens with two attached hydrogens (primary N) is 1. The number of rotatable bonds is 3. The molecule has 3 N–H and O–H groups in total. The molecular formula is C14H20N2OS. The molecule has 0 radical (unpaired) electrons. The Bertz CT molecular complexity index is 439. The Morgan fingerprint density at radius 3 is 2.72 bits per heavy atom. The van der Waals surface area contributed by atoms with Crippen molar-refractivity contribution in [2.75, 3.05) is 0 Å². The van der Waals surface area contributed by atoms with E-state index in [1.165, 1.54) is 42.6 Å². The van der Waals surface area contributed by atoms with E-state index in [9.17, 15) is 0 Å². The van der Waals surface area contributed by atoms with Gasteiger partial charge in [0, 0.05) is 15.7 Å². The summed E-state index contributed by atoms with van der Waals surface area (Å²) in [6, 6.07) is 5.96. The predicted molar refractivity (Wildman–Crippen MR) is 76.4 cm³/mol. The first-order valence-corrected chi connectivity index (χ1v) is 7.34. The molecule has 1 fully saturated rings. The predicted octanol–water partition coefficient (Wildman–Crippen LogP) is 3.51. The van der Waals surface area contributed by atoms with Crippen LogP contribution >= 0.6 is 11.8 Å². The molecule has 98 valence electrons. The molecule has 2 rings (SSSR count). The summed E-state index contributed by atoms with van der Waals surface area (Å²) in [7, 11) is 0. The van der Waals surface area contributed by atoms with Crippen molar-refractivity contribution in [2.45, 2.75) is 49.2 Å². The highest BCUT2D eigenvalue weighted by Crippen LogP contribution is 2.36. The summed E-state index contributed by atoms with van der Waals surface area (Å²) in [6.07, 6.45) is 6.55. The minimum absolute atomic E-state index is 0.206. The quantitative estimate of drug-likeness (QED) is 0.380. The Morgan fingerprint density at radius 1 is 1.33 bits per heavy atom. The van der Waals surface area contributed by atoms with Crippen LogP contribution in [0.25, 0.3) is 0 Å². The molecule has 0 amide bonds. The van der Waals surface area contributed by atoms with Crippen molar-refractivity contribution >= 4 is 17.6 Å². The Hall–Kier alpha value is -1.16. The summed E-state index contributed by atoms with van der Waals surface area (Å²) in [6.45, 7) is 2.08. The molecule has 18 heavy (non-hydrogen) atoms. The third kappa shape index (κ3) is 2.99. The number of hydrogen-bond acceptors (Lipinski definition) is 3. The minimum atomic E-state index is 0.206. The lowest BCUT2D eigenvalue weighted by Crippen LogP contribution is -2.16. The lowest BCUT2D eigenvalue weighted by Gasteiger charge is -2.23. The summed E-state index contributed by atoms with van der Waals surface area (Å²) in [4.78, 5) is 1.17. The maximum absolute atomic E-state index is 8.86. The van der Waals surface area contributed by atoms with Crippen molar-refractivity contribution in [1.82, 2.24) is 0 Å². The van der Waals surface area contributed by atoms with E-state index in [1.54, 1.807) is 0 Å². The van der Waals surface area contributed by atoms with Crippen molar-refractivity contribution in [2.24, 2.45) is 10.9 Å².